The summed E-state index contributed by atoms with van der Waals surface area (Å²) < 4.78 is 5.35. The summed E-state index contributed by atoms with van der Waals surface area (Å²) >= 11 is 0. The molecule has 1 fully saturated rings. The smallest absolute Gasteiger partial charge is 0.122 e. The van der Waals surface area contributed by atoms with Crippen molar-refractivity contribution >= 4 is 0 Å². The summed E-state index contributed by atoms with van der Waals surface area (Å²) in [5.41, 5.74) is 8.54. The molecule has 0 amide bonds. The molecule has 0 unspecified atom stereocenters. The van der Waals surface area contributed by atoms with E-state index in [0.29, 0.717) is 5.92 Å². The van der Waals surface area contributed by atoms with E-state index >= 15 is 0 Å². The highest BCUT2D eigenvalue weighted by Crippen LogP contribution is 2.32. The molecule has 0 aromatic heterocycles. The molecular formula is C13H20N2O. The van der Waals surface area contributed by atoms with Gasteiger partial charge in [0.1, 0.15) is 5.75 Å². The lowest BCUT2D eigenvalue weighted by molar-refractivity contribution is 0.408. The van der Waals surface area contributed by atoms with Crippen molar-refractivity contribution in [3.63, 3.8) is 0 Å². The quantitative estimate of drug-likeness (QED) is 0.792. The fraction of sp³-hybridized carbons (Fsp3) is 0.538. The fourth-order valence-electron chi connectivity index (χ4n) is 2.39. The maximum Gasteiger partial charge on any atom is 0.122 e. The Bertz CT molecular complexity index is 388. The number of benzene rings is 1. The first-order chi connectivity index (χ1) is 7.54. The molecule has 1 aliphatic rings. The summed E-state index contributed by atoms with van der Waals surface area (Å²) in [6.45, 7) is 5.97. The topological polar surface area (TPSA) is 47.3 Å². The van der Waals surface area contributed by atoms with E-state index in [4.69, 9.17) is 10.5 Å². The van der Waals surface area contributed by atoms with Crippen molar-refractivity contribution in [2.75, 3.05) is 20.2 Å². The highest BCUT2D eigenvalue weighted by atomic mass is 16.5. The normalized spacial score (nSPS) is 29.4. The zero-order valence-corrected chi connectivity index (χ0v) is 10.2. The maximum absolute atomic E-state index is 6.28. The number of rotatable bonds is 2. The van der Waals surface area contributed by atoms with E-state index in [2.05, 4.69) is 37.4 Å². The first kappa shape index (κ1) is 11.4. The van der Waals surface area contributed by atoms with Crippen molar-refractivity contribution in [3.8, 4) is 5.75 Å². The summed E-state index contributed by atoms with van der Waals surface area (Å²) in [7, 11) is 1.71. The van der Waals surface area contributed by atoms with Gasteiger partial charge in [-0.3, -0.25) is 0 Å². The van der Waals surface area contributed by atoms with Crippen LogP contribution in [0.1, 0.15) is 24.0 Å². The monoisotopic (exact) mass is 220 g/mol. The van der Waals surface area contributed by atoms with Crippen molar-refractivity contribution in [3.05, 3.63) is 29.3 Å². The Labute approximate surface area is 97.0 Å². The molecule has 0 saturated carbocycles. The zero-order chi connectivity index (χ0) is 11.8. The molecule has 3 N–H and O–H groups in total. The average Bonchev–Trinajstić information content (AvgIpc) is 2.59. The third kappa shape index (κ3) is 1.93. The van der Waals surface area contributed by atoms with E-state index in [1.807, 2.05) is 0 Å². The zero-order valence-electron chi connectivity index (χ0n) is 10.2. The van der Waals surface area contributed by atoms with E-state index in [1.54, 1.807) is 7.11 Å². The Balaban J connectivity index is 2.34. The number of hydrogen-bond donors (Lipinski definition) is 2. The number of methoxy groups -OCH3 is 1. The third-order valence-corrected chi connectivity index (χ3v) is 3.48. The largest absolute Gasteiger partial charge is 0.496 e. The lowest BCUT2D eigenvalue weighted by Crippen LogP contribution is -2.42. The summed E-state index contributed by atoms with van der Waals surface area (Å²) in [4.78, 5) is 0. The van der Waals surface area contributed by atoms with Gasteiger partial charge in [0.05, 0.1) is 7.11 Å². The highest BCUT2D eigenvalue weighted by molar-refractivity contribution is 5.39. The molecule has 2 rings (SSSR count). The lowest BCUT2D eigenvalue weighted by Gasteiger charge is -2.26. The van der Waals surface area contributed by atoms with Crippen LogP contribution in [-0.2, 0) is 0 Å². The van der Waals surface area contributed by atoms with Gasteiger partial charge in [0.15, 0.2) is 0 Å². The molecule has 3 heteroatoms. The van der Waals surface area contributed by atoms with Gasteiger partial charge in [0, 0.05) is 24.5 Å². The van der Waals surface area contributed by atoms with Crippen LogP contribution in [0, 0.1) is 6.92 Å². The van der Waals surface area contributed by atoms with Gasteiger partial charge in [-0.2, -0.15) is 0 Å². The minimum Gasteiger partial charge on any atom is -0.496 e. The molecular weight excluding hydrogens is 200 g/mol. The number of hydrogen-bond acceptors (Lipinski definition) is 3. The maximum atomic E-state index is 6.28. The molecule has 0 radical (unpaired) electrons. The molecule has 88 valence electrons. The van der Waals surface area contributed by atoms with Crippen LogP contribution in [0.2, 0.25) is 0 Å². The summed E-state index contributed by atoms with van der Waals surface area (Å²) in [5.74, 6) is 1.31. The van der Waals surface area contributed by atoms with Crippen LogP contribution >= 0.6 is 0 Å². The van der Waals surface area contributed by atoms with Crippen LogP contribution in [0.25, 0.3) is 0 Å². The second-order valence-corrected chi connectivity index (χ2v) is 4.92. The number of aryl methyl sites for hydroxylation is 1. The Morgan fingerprint density at radius 3 is 2.81 bits per heavy atom. The predicted molar refractivity (Wildman–Crippen MR) is 65.9 cm³/mol. The summed E-state index contributed by atoms with van der Waals surface area (Å²) in [6.07, 6.45) is 0. The lowest BCUT2D eigenvalue weighted by atomic mass is 9.84. The van der Waals surface area contributed by atoms with Gasteiger partial charge in [0.2, 0.25) is 0 Å². The van der Waals surface area contributed by atoms with E-state index in [0.717, 1.165) is 24.4 Å². The molecule has 1 aromatic rings. The van der Waals surface area contributed by atoms with Gasteiger partial charge in [-0.05, 0) is 31.0 Å². The van der Waals surface area contributed by atoms with E-state index in [-0.39, 0.29) is 5.54 Å². The molecule has 1 aromatic carbocycles. The van der Waals surface area contributed by atoms with Gasteiger partial charge < -0.3 is 15.8 Å². The van der Waals surface area contributed by atoms with E-state index in [9.17, 15) is 0 Å². The van der Waals surface area contributed by atoms with Crippen LogP contribution in [0.4, 0.5) is 0 Å². The second-order valence-electron chi connectivity index (χ2n) is 4.92. The molecule has 1 heterocycles. The van der Waals surface area contributed by atoms with Gasteiger partial charge >= 0.3 is 0 Å². The van der Waals surface area contributed by atoms with Crippen molar-refractivity contribution < 1.29 is 4.74 Å². The third-order valence-electron chi connectivity index (χ3n) is 3.48. The first-order valence-electron chi connectivity index (χ1n) is 5.69. The molecule has 0 spiro atoms. The molecule has 16 heavy (non-hydrogen) atoms. The molecule has 1 aliphatic heterocycles. The predicted octanol–water partition coefficient (Wildman–Crippen LogP) is 1.41. The van der Waals surface area contributed by atoms with Crippen molar-refractivity contribution in [2.24, 2.45) is 5.73 Å². The van der Waals surface area contributed by atoms with Gasteiger partial charge in [-0.25, -0.2) is 0 Å². The molecule has 2 atom stereocenters. The molecule has 1 saturated heterocycles. The average molecular weight is 220 g/mol. The van der Waals surface area contributed by atoms with E-state index in [1.165, 1.54) is 5.56 Å². The van der Waals surface area contributed by atoms with Crippen LogP contribution in [0.3, 0.4) is 0 Å². The number of ether oxygens (including phenoxy) is 1. The fourth-order valence-corrected chi connectivity index (χ4v) is 2.39. The second kappa shape index (κ2) is 4.07. The van der Waals surface area contributed by atoms with Crippen molar-refractivity contribution in [1.29, 1.82) is 0 Å². The summed E-state index contributed by atoms with van der Waals surface area (Å²) in [6, 6.07) is 6.36. The SMILES string of the molecule is COc1cc([C@H]2CNC[C@]2(C)N)ccc1C. The van der Waals surface area contributed by atoms with Crippen molar-refractivity contribution in [1.82, 2.24) is 5.32 Å². The van der Waals surface area contributed by atoms with Crippen LogP contribution in [0.15, 0.2) is 18.2 Å². The minimum absolute atomic E-state index is 0.166. The Morgan fingerprint density at radius 1 is 1.50 bits per heavy atom. The first-order valence-corrected chi connectivity index (χ1v) is 5.69. The molecule has 0 bridgehead atoms. The summed E-state index contributed by atoms with van der Waals surface area (Å²) in [5, 5.41) is 3.35. The van der Waals surface area contributed by atoms with Crippen LogP contribution in [-0.4, -0.2) is 25.7 Å². The molecule has 3 nitrogen and oxygen atoms in total. The van der Waals surface area contributed by atoms with Gasteiger partial charge in [0.25, 0.3) is 0 Å². The highest BCUT2D eigenvalue weighted by Gasteiger charge is 2.36. The van der Waals surface area contributed by atoms with Gasteiger partial charge in [-0.15, -0.1) is 0 Å². The van der Waals surface area contributed by atoms with E-state index < -0.39 is 0 Å². The van der Waals surface area contributed by atoms with Crippen LogP contribution in [0.5, 0.6) is 5.75 Å². The van der Waals surface area contributed by atoms with Crippen molar-refractivity contribution in [2.45, 2.75) is 25.3 Å². The minimum atomic E-state index is -0.166. The Kier molecular flexibility index (Phi) is 2.91. The molecule has 0 aliphatic carbocycles. The van der Waals surface area contributed by atoms with Crippen LogP contribution < -0.4 is 15.8 Å². The number of nitrogens with two attached hydrogens (primary N) is 1. The van der Waals surface area contributed by atoms with Gasteiger partial charge in [-0.1, -0.05) is 12.1 Å². The Morgan fingerprint density at radius 2 is 2.25 bits per heavy atom. The standard InChI is InChI=1S/C13H20N2O/c1-9-4-5-10(6-12(9)16-3)11-7-15-8-13(11,2)14/h4-6,11,15H,7-8,14H2,1-3H3/t11-,13+/m1/s1. The Hall–Kier alpha value is -1.06. The number of nitrogens with one attached hydrogen (secondary N) is 1.